The zero-order chi connectivity index (χ0) is 25.5. The highest BCUT2D eigenvalue weighted by Gasteiger charge is 2.27. The molecule has 36 heavy (non-hydrogen) atoms. The van der Waals surface area contributed by atoms with E-state index in [-0.39, 0.29) is 24.6 Å². The van der Waals surface area contributed by atoms with Gasteiger partial charge in [0.05, 0.1) is 24.2 Å². The summed E-state index contributed by atoms with van der Waals surface area (Å²) in [5.74, 6) is 0.833. The molecule has 0 aliphatic heterocycles. The number of rotatable bonds is 10. The van der Waals surface area contributed by atoms with Crippen molar-refractivity contribution < 1.29 is 22.7 Å². The Hall–Kier alpha value is -4.04. The highest BCUT2D eigenvalue weighted by atomic mass is 32.2. The van der Waals surface area contributed by atoms with E-state index in [4.69, 9.17) is 9.47 Å². The predicted molar refractivity (Wildman–Crippen MR) is 141 cm³/mol. The predicted octanol–water partition coefficient (Wildman–Crippen LogP) is 4.55. The molecule has 0 saturated heterocycles. The number of sulfonamides is 1. The maximum Gasteiger partial charge on any atom is 0.264 e. The molecule has 1 N–H and O–H groups in total. The van der Waals surface area contributed by atoms with Gasteiger partial charge in [-0.25, -0.2) is 8.42 Å². The Labute approximate surface area is 211 Å². The van der Waals surface area contributed by atoms with Gasteiger partial charge >= 0.3 is 0 Å². The summed E-state index contributed by atoms with van der Waals surface area (Å²) in [4.78, 5) is 12.9. The van der Waals surface area contributed by atoms with Crippen molar-refractivity contribution in [1.29, 1.82) is 0 Å². The van der Waals surface area contributed by atoms with Gasteiger partial charge in [0.15, 0.2) is 0 Å². The van der Waals surface area contributed by atoms with Crippen molar-refractivity contribution in [2.24, 2.45) is 0 Å². The number of benzene rings is 4. The lowest BCUT2D eigenvalue weighted by atomic mass is 10.1. The van der Waals surface area contributed by atoms with E-state index in [0.717, 1.165) is 26.4 Å². The highest BCUT2D eigenvalue weighted by Crippen LogP contribution is 2.26. The highest BCUT2D eigenvalue weighted by molar-refractivity contribution is 7.92. The first-order valence-electron chi connectivity index (χ1n) is 11.5. The zero-order valence-electron chi connectivity index (χ0n) is 20.2. The van der Waals surface area contributed by atoms with E-state index in [1.165, 1.54) is 19.2 Å². The quantitative estimate of drug-likeness (QED) is 0.321. The van der Waals surface area contributed by atoms with Gasteiger partial charge in [-0.2, -0.15) is 0 Å². The van der Waals surface area contributed by atoms with E-state index >= 15 is 0 Å². The van der Waals surface area contributed by atoms with Crippen LogP contribution in [0.15, 0.2) is 95.9 Å². The van der Waals surface area contributed by atoms with Gasteiger partial charge < -0.3 is 14.8 Å². The number of nitrogens with zero attached hydrogens (tertiary/aromatic N) is 1. The van der Waals surface area contributed by atoms with E-state index < -0.39 is 15.9 Å². The van der Waals surface area contributed by atoms with Crippen LogP contribution in [0.25, 0.3) is 10.8 Å². The Morgan fingerprint density at radius 3 is 2.31 bits per heavy atom. The molecule has 0 fully saturated rings. The first-order chi connectivity index (χ1) is 17.4. The molecule has 0 radical (unpaired) electrons. The lowest BCUT2D eigenvalue weighted by molar-refractivity contribution is -0.119. The van der Waals surface area contributed by atoms with Crippen LogP contribution in [0, 0.1) is 6.92 Å². The molecule has 0 atom stereocenters. The van der Waals surface area contributed by atoms with Gasteiger partial charge in [0.25, 0.3) is 10.0 Å². The fourth-order valence-electron chi connectivity index (χ4n) is 3.76. The molecule has 4 aromatic carbocycles. The van der Waals surface area contributed by atoms with Crippen molar-refractivity contribution in [3.8, 4) is 11.5 Å². The fraction of sp³-hybridized carbons (Fsp3) is 0.179. The Balaban J connectivity index is 1.45. The second kappa shape index (κ2) is 11.1. The van der Waals surface area contributed by atoms with Gasteiger partial charge in [0.2, 0.25) is 5.91 Å². The molecule has 186 valence electrons. The Morgan fingerprint density at radius 1 is 0.889 bits per heavy atom. The van der Waals surface area contributed by atoms with E-state index in [1.54, 1.807) is 24.3 Å². The molecule has 0 spiro atoms. The first-order valence-corrected chi connectivity index (χ1v) is 12.9. The summed E-state index contributed by atoms with van der Waals surface area (Å²) >= 11 is 0. The van der Waals surface area contributed by atoms with Gasteiger partial charge in [-0.1, -0.05) is 54.1 Å². The third-order valence-corrected chi connectivity index (χ3v) is 7.48. The van der Waals surface area contributed by atoms with Crippen LogP contribution >= 0.6 is 0 Å². The summed E-state index contributed by atoms with van der Waals surface area (Å²) in [6.07, 6.45) is 0. The Kier molecular flexibility index (Phi) is 7.75. The molecule has 0 saturated carbocycles. The smallest absolute Gasteiger partial charge is 0.264 e. The van der Waals surface area contributed by atoms with Gasteiger partial charge in [-0.3, -0.25) is 9.10 Å². The number of nitrogens with one attached hydrogen (secondary N) is 1. The summed E-state index contributed by atoms with van der Waals surface area (Å²) in [6, 6.07) is 26.8. The van der Waals surface area contributed by atoms with Crippen molar-refractivity contribution in [2.45, 2.75) is 11.8 Å². The first kappa shape index (κ1) is 25.1. The summed E-state index contributed by atoms with van der Waals surface area (Å²) in [5, 5.41) is 4.82. The molecule has 4 rings (SSSR count). The molecular formula is C28H28N2O5S. The number of aryl methyl sites for hydroxylation is 1. The van der Waals surface area contributed by atoms with Crippen molar-refractivity contribution in [3.05, 3.63) is 96.6 Å². The lowest BCUT2D eigenvalue weighted by Gasteiger charge is -2.24. The second-order valence-corrected chi connectivity index (χ2v) is 10.1. The maximum atomic E-state index is 13.5. The van der Waals surface area contributed by atoms with E-state index in [1.807, 2.05) is 61.5 Å². The normalized spacial score (nSPS) is 11.2. The number of methoxy groups -OCH3 is 1. The zero-order valence-corrected chi connectivity index (χ0v) is 21.0. The van der Waals surface area contributed by atoms with Gasteiger partial charge in [0.1, 0.15) is 24.7 Å². The molecule has 8 heteroatoms. The molecule has 0 unspecified atom stereocenters. The molecule has 0 aliphatic rings. The largest absolute Gasteiger partial charge is 0.497 e. The van der Waals surface area contributed by atoms with Crippen LogP contribution in [0.5, 0.6) is 11.5 Å². The number of hydrogen-bond donors (Lipinski definition) is 1. The SMILES string of the molecule is COc1ccc(S(=O)(=O)N(CC(=O)NCCOc2cccc3ccccc23)c2ccc(C)cc2)cc1. The monoisotopic (exact) mass is 504 g/mol. The number of ether oxygens (including phenoxy) is 2. The van der Waals surface area contributed by atoms with Crippen LogP contribution in [0.3, 0.4) is 0 Å². The summed E-state index contributed by atoms with van der Waals surface area (Å²) in [6.45, 7) is 2.02. The number of amides is 1. The fourth-order valence-corrected chi connectivity index (χ4v) is 5.18. The maximum absolute atomic E-state index is 13.5. The lowest BCUT2D eigenvalue weighted by Crippen LogP contribution is -2.41. The molecular weight excluding hydrogens is 476 g/mol. The number of carbonyl (C=O) groups is 1. The van der Waals surface area contributed by atoms with E-state index in [2.05, 4.69) is 5.32 Å². The molecule has 4 aromatic rings. The molecule has 0 bridgehead atoms. The van der Waals surface area contributed by atoms with Crippen molar-refractivity contribution in [3.63, 3.8) is 0 Å². The second-order valence-electron chi connectivity index (χ2n) is 8.20. The third kappa shape index (κ3) is 5.78. The summed E-state index contributed by atoms with van der Waals surface area (Å²) in [5.41, 5.74) is 1.38. The van der Waals surface area contributed by atoms with Crippen LogP contribution in [0.2, 0.25) is 0 Å². The minimum absolute atomic E-state index is 0.0657. The number of fused-ring (bicyclic) bond motifs is 1. The molecule has 7 nitrogen and oxygen atoms in total. The number of anilines is 1. The van der Waals surface area contributed by atoms with Gasteiger partial charge in [-0.15, -0.1) is 0 Å². The average molecular weight is 505 g/mol. The molecule has 0 heterocycles. The van der Waals surface area contributed by atoms with Gasteiger partial charge in [0, 0.05) is 5.39 Å². The number of carbonyl (C=O) groups excluding carboxylic acids is 1. The van der Waals surface area contributed by atoms with Crippen LogP contribution in [0.4, 0.5) is 5.69 Å². The number of hydrogen-bond acceptors (Lipinski definition) is 5. The minimum atomic E-state index is -4.00. The molecule has 0 aliphatic carbocycles. The minimum Gasteiger partial charge on any atom is -0.497 e. The summed E-state index contributed by atoms with van der Waals surface area (Å²) in [7, 11) is -2.49. The Morgan fingerprint density at radius 2 is 1.58 bits per heavy atom. The topological polar surface area (TPSA) is 84.9 Å². The molecule has 1 amide bonds. The summed E-state index contributed by atoms with van der Waals surface area (Å²) < 4.78 is 39.1. The standard InChI is InChI=1S/C28H28N2O5S/c1-21-10-12-23(13-11-21)30(36(32,33)25-16-14-24(34-2)15-17-25)20-28(31)29-18-19-35-27-9-5-7-22-6-3-4-8-26(22)27/h3-17H,18-20H2,1-2H3,(H,29,31). The third-order valence-electron chi connectivity index (χ3n) is 5.69. The average Bonchev–Trinajstić information content (AvgIpc) is 2.90. The van der Waals surface area contributed by atoms with Crippen molar-refractivity contribution >= 4 is 32.4 Å². The van der Waals surface area contributed by atoms with Crippen molar-refractivity contribution in [1.82, 2.24) is 5.32 Å². The van der Waals surface area contributed by atoms with E-state index in [0.29, 0.717) is 11.4 Å². The van der Waals surface area contributed by atoms with Crippen LogP contribution in [-0.2, 0) is 14.8 Å². The van der Waals surface area contributed by atoms with Crippen LogP contribution in [0.1, 0.15) is 5.56 Å². The Bertz CT molecular complexity index is 1430. The molecule has 0 aromatic heterocycles. The van der Waals surface area contributed by atoms with Crippen LogP contribution in [-0.4, -0.2) is 41.1 Å². The van der Waals surface area contributed by atoms with Crippen molar-refractivity contribution in [2.75, 3.05) is 31.1 Å². The van der Waals surface area contributed by atoms with Crippen LogP contribution < -0.4 is 19.1 Å². The van der Waals surface area contributed by atoms with Gasteiger partial charge in [-0.05, 0) is 54.8 Å². The van der Waals surface area contributed by atoms with E-state index in [9.17, 15) is 13.2 Å².